The van der Waals surface area contributed by atoms with E-state index in [4.69, 9.17) is 14.2 Å². The van der Waals surface area contributed by atoms with Crippen LogP contribution in [0.3, 0.4) is 0 Å². The minimum absolute atomic E-state index is 0.0634. The molecule has 256 valence electrons. The maximum atomic E-state index is 13.8. The van der Waals surface area contributed by atoms with E-state index in [1.165, 1.54) is 17.1 Å². The van der Waals surface area contributed by atoms with Gasteiger partial charge in [0, 0.05) is 32.7 Å². The van der Waals surface area contributed by atoms with Crippen LogP contribution in [-0.2, 0) is 30.6 Å². The lowest BCUT2D eigenvalue weighted by atomic mass is 9.91. The van der Waals surface area contributed by atoms with Crippen LogP contribution in [0.25, 0.3) is 0 Å². The summed E-state index contributed by atoms with van der Waals surface area (Å²) in [6.45, 7) is 10.6. The lowest BCUT2D eigenvalue weighted by Gasteiger charge is -2.37. The minimum atomic E-state index is -3.94. The third-order valence-electron chi connectivity index (χ3n) is 7.34. The van der Waals surface area contributed by atoms with Crippen molar-refractivity contribution in [3.8, 4) is 11.5 Å². The van der Waals surface area contributed by atoms with E-state index >= 15 is 0 Å². The molecule has 0 saturated heterocycles. The Bertz CT molecular complexity index is 1380. The molecule has 1 heterocycles. The Morgan fingerprint density at radius 1 is 1.04 bits per heavy atom. The van der Waals surface area contributed by atoms with Gasteiger partial charge in [-0.3, -0.25) is 20.3 Å². The standard InChI is InChI=1S/C33H50N4O8S/c1-23(2)32(46(41,42)25-12-13-28-29(19-25)45-17-16-44-28)35-21-27(38)26(18-24-10-8-7-9-11-24)37(31(40)20-33(3,4)5)36-30(39)22-34-14-15-43-6/h7-13,19,23,26-27,32,34-35,38H,14-18,20-22H2,1-6H3,(H,36,39)/t26-,27+,32?/m0/s1. The number of hydrazine groups is 1. The first-order chi connectivity index (χ1) is 21.7. The molecule has 3 rings (SSSR count). The lowest BCUT2D eigenvalue weighted by molar-refractivity contribution is -0.149. The zero-order valence-corrected chi connectivity index (χ0v) is 28.6. The predicted molar refractivity (Wildman–Crippen MR) is 175 cm³/mol. The highest BCUT2D eigenvalue weighted by Gasteiger charge is 2.36. The van der Waals surface area contributed by atoms with Gasteiger partial charge in [0.25, 0.3) is 5.91 Å². The topological polar surface area (TPSA) is 156 Å². The van der Waals surface area contributed by atoms with Crippen LogP contribution >= 0.6 is 0 Å². The summed E-state index contributed by atoms with van der Waals surface area (Å²) < 4.78 is 43.9. The zero-order chi connectivity index (χ0) is 33.9. The fraction of sp³-hybridized carbons (Fsp3) is 0.576. The van der Waals surface area contributed by atoms with E-state index in [9.17, 15) is 23.1 Å². The number of nitrogens with one attached hydrogen (secondary N) is 3. The van der Waals surface area contributed by atoms with Crippen molar-refractivity contribution in [3.63, 3.8) is 0 Å². The van der Waals surface area contributed by atoms with Crippen molar-refractivity contribution in [2.24, 2.45) is 11.3 Å². The van der Waals surface area contributed by atoms with Gasteiger partial charge in [-0.05, 0) is 35.4 Å². The van der Waals surface area contributed by atoms with Gasteiger partial charge in [0.15, 0.2) is 21.3 Å². The number of carbonyl (C=O) groups excluding carboxylic acids is 2. The molecule has 3 atom stereocenters. The first kappa shape index (κ1) is 37.2. The molecule has 1 aliphatic rings. The maximum absolute atomic E-state index is 13.8. The van der Waals surface area contributed by atoms with Gasteiger partial charge >= 0.3 is 0 Å². The summed E-state index contributed by atoms with van der Waals surface area (Å²) in [5.74, 6) is -0.373. The number of nitrogens with zero attached hydrogens (tertiary/aromatic N) is 1. The van der Waals surface area contributed by atoms with Crippen molar-refractivity contribution >= 4 is 21.7 Å². The summed E-state index contributed by atoms with van der Waals surface area (Å²) in [6.07, 6.45) is -0.955. The van der Waals surface area contributed by atoms with Crippen molar-refractivity contribution in [1.29, 1.82) is 0 Å². The van der Waals surface area contributed by atoms with Crippen LogP contribution in [0.2, 0.25) is 0 Å². The number of sulfone groups is 1. The monoisotopic (exact) mass is 662 g/mol. The van der Waals surface area contributed by atoms with Gasteiger partial charge < -0.3 is 24.6 Å². The Morgan fingerprint density at radius 3 is 2.35 bits per heavy atom. The lowest BCUT2D eigenvalue weighted by Crippen LogP contribution is -2.60. The number of aliphatic hydroxyl groups excluding tert-OH is 1. The first-order valence-electron chi connectivity index (χ1n) is 15.6. The highest BCUT2D eigenvalue weighted by atomic mass is 32.2. The van der Waals surface area contributed by atoms with Gasteiger partial charge in [0.1, 0.15) is 18.6 Å². The van der Waals surface area contributed by atoms with E-state index in [1.807, 2.05) is 51.1 Å². The molecule has 2 aromatic rings. The molecule has 0 bridgehead atoms. The summed E-state index contributed by atoms with van der Waals surface area (Å²) >= 11 is 0. The molecule has 13 heteroatoms. The number of rotatable bonds is 16. The fourth-order valence-corrected chi connectivity index (χ4v) is 6.95. The van der Waals surface area contributed by atoms with Crippen molar-refractivity contribution in [2.45, 2.75) is 69.9 Å². The summed E-state index contributed by atoms with van der Waals surface area (Å²) in [6, 6.07) is 12.9. The van der Waals surface area contributed by atoms with E-state index < -0.39 is 38.7 Å². The van der Waals surface area contributed by atoms with Crippen LogP contribution in [0.1, 0.15) is 46.6 Å². The van der Waals surface area contributed by atoms with Crippen molar-refractivity contribution in [1.82, 2.24) is 21.1 Å². The molecule has 2 amide bonds. The molecule has 0 aliphatic carbocycles. The van der Waals surface area contributed by atoms with Gasteiger partial charge in [-0.2, -0.15) is 0 Å². The summed E-state index contributed by atoms with van der Waals surface area (Å²) in [4.78, 5) is 26.8. The van der Waals surface area contributed by atoms with Gasteiger partial charge in [0.05, 0.1) is 30.2 Å². The third kappa shape index (κ3) is 10.9. The molecule has 0 fully saturated rings. The maximum Gasteiger partial charge on any atom is 0.252 e. The molecule has 0 saturated carbocycles. The second-order valence-corrected chi connectivity index (χ2v) is 15.0. The molecule has 0 radical (unpaired) electrons. The number of fused-ring (bicyclic) bond motifs is 1. The van der Waals surface area contributed by atoms with Gasteiger partial charge in [0.2, 0.25) is 5.91 Å². The number of ether oxygens (including phenoxy) is 3. The summed E-state index contributed by atoms with van der Waals surface area (Å²) in [5, 5.41) is 17.9. The molecule has 46 heavy (non-hydrogen) atoms. The van der Waals surface area contributed by atoms with Crippen molar-refractivity contribution in [2.75, 3.05) is 46.6 Å². The number of amides is 2. The van der Waals surface area contributed by atoms with Crippen molar-refractivity contribution in [3.05, 3.63) is 54.1 Å². The molecule has 12 nitrogen and oxygen atoms in total. The Balaban J connectivity index is 1.89. The third-order valence-corrected chi connectivity index (χ3v) is 9.63. The van der Waals surface area contributed by atoms with E-state index in [-0.39, 0.29) is 42.7 Å². The van der Waals surface area contributed by atoms with E-state index in [0.29, 0.717) is 37.9 Å². The SMILES string of the molecule is COCCNCC(=O)NN(C(=O)CC(C)(C)C)[C@@H](Cc1ccccc1)[C@H](O)CNC(C(C)C)S(=O)(=O)c1ccc2c(c1)OCCO2. The van der Waals surface area contributed by atoms with Gasteiger partial charge in [-0.1, -0.05) is 65.0 Å². The molecule has 1 aliphatic heterocycles. The molecule has 0 aromatic heterocycles. The number of carbonyl (C=O) groups is 2. The van der Waals surface area contributed by atoms with Crippen LogP contribution in [-0.4, -0.2) is 94.4 Å². The Labute approximate surface area is 273 Å². The average Bonchev–Trinajstić information content (AvgIpc) is 3.00. The molecular formula is C33H50N4O8S. The predicted octanol–water partition coefficient (Wildman–Crippen LogP) is 2.31. The van der Waals surface area contributed by atoms with E-state index in [1.54, 1.807) is 27.0 Å². The molecule has 4 N–H and O–H groups in total. The Morgan fingerprint density at radius 2 is 1.72 bits per heavy atom. The van der Waals surface area contributed by atoms with Crippen molar-refractivity contribution < 1.29 is 37.3 Å². The smallest absolute Gasteiger partial charge is 0.252 e. The number of benzene rings is 2. The minimum Gasteiger partial charge on any atom is -0.486 e. The van der Waals surface area contributed by atoms with Crippen LogP contribution < -0.4 is 25.5 Å². The molecule has 0 spiro atoms. The van der Waals surface area contributed by atoms with E-state index in [0.717, 1.165) is 5.56 Å². The number of methoxy groups -OCH3 is 1. The largest absolute Gasteiger partial charge is 0.486 e. The Hall–Kier alpha value is -3.23. The normalized spacial score (nSPS) is 15.2. The van der Waals surface area contributed by atoms with Crippen LogP contribution in [0.15, 0.2) is 53.4 Å². The summed E-state index contributed by atoms with van der Waals surface area (Å²) in [7, 11) is -2.38. The fourth-order valence-electron chi connectivity index (χ4n) is 5.10. The summed E-state index contributed by atoms with van der Waals surface area (Å²) in [5.41, 5.74) is 3.15. The van der Waals surface area contributed by atoms with Gasteiger partial charge in [-0.25, -0.2) is 13.4 Å². The zero-order valence-electron chi connectivity index (χ0n) is 27.7. The van der Waals surface area contributed by atoms with Crippen LogP contribution in [0.5, 0.6) is 11.5 Å². The van der Waals surface area contributed by atoms with Crippen LogP contribution in [0, 0.1) is 11.3 Å². The molecule has 1 unspecified atom stereocenters. The molecule has 2 aromatic carbocycles. The highest BCUT2D eigenvalue weighted by Crippen LogP contribution is 2.34. The number of hydrogen-bond acceptors (Lipinski definition) is 10. The Kier molecular flexibility index (Phi) is 13.8. The number of hydrogen-bond donors (Lipinski definition) is 4. The second-order valence-electron chi connectivity index (χ2n) is 13.0. The van der Waals surface area contributed by atoms with Crippen LogP contribution in [0.4, 0.5) is 0 Å². The van der Waals surface area contributed by atoms with E-state index in [2.05, 4.69) is 16.1 Å². The second kappa shape index (κ2) is 17.1. The first-order valence-corrected chi connectivity index (χ1v) is 17.2. The average molecular weight is 663 g/mol. The highest BCUT2D eigenvalue weighted by molar-refractivity contribution is 7.92. The quantitative estimate of drug-likeness (QED) is 0.156. The molecular weight excluding hydrogens is 612 g/mol. The van der Waals surface area contributed by atoms with Gasteiger partial charge in [-0.15, -0.1) is 0 Å². The number of aliphatic hydroxyl groups is 1.